The summed E-state index contributed by atoms with van der Waals surface area (Å²) in [5.41, 5.74) is 7.97. The maximum absolute atomic E-state index is 11.8. The number of benzene rings is 3. The monoisotopic (exact) mass is 585 g/mol. The Hall–Kier alpha value is -3.83. The normalized spacial score (nSPS) is 22.6. The predicted octanol–water partition coefficient (Wildman–Crippen LogP) is 6.30. The number of aryl methyl sites for hydroxylation is 2. The predicted molar refractivity (Wildman–Crippen MR) is 160 cm³/mol. The Labute approximate surface area is 247 Å². The fourth-order valence-electron chi connectivity index (χ4n) is 6.68. The Kier molecular flexibility index (Phi) is 7.48. The van der Waals surface area contributed by atoms with Gasteiger partial charge in [-0.25, -0.2) is 8.42 Å². The number of sulfone groups is 1. The first kappa shape index (κ1) is 28.3. The number of hydrogen-bond donors (Lipinski definition) is 1. The molecule has 1 N–H and O–H groups in total. The summed E-state index contributed by atoms with van der Waals surface area (Å²) in [7, 11) is -2.90. The second-order valence-corrected chi connectivity index (χ2v) is 14.3. The van der Waals surface area contributed by atoms with E-state index in [1.807, 2.05) is 62.4 Å². The lowest BCUT2D eigenvalue weighted by Gasteiger charge is -2.23. The SMILES string of the molecule is Cc1cc(OCC2CCS(=O)(=O)CC2)cc(C)c1-c1c(C#N)ccc2c1CC[C@H]2Oc1ccc([C@H]2C[C@@H]2C(=O)O)cc1. The number of rotatable bonds is 8. The van der Waals surface area contributed by atoms with Crippen LogP contribution in [0.15, 0.2) is 48.5 Å². The van der Waals surface area contributed by atoms with E-state index in [1.165, 1.54) is 0 Å². The van der Waals surface area contributed by atoms with Gasteiger partial charge in [0, 0.05) is 5.56 Å². The standard InChI is InChI=1S/C34H35NO6S/c1-20-15-26(40-19-22-11-13-42(38,39)14-12-22)16-21(2)32(20)33-24(18-35)5-8-27-28(33)9-10-31(27)41-25-6-3-23(4-7-25)29-17-30(29)34(36)37/h3-8,15-16,22,29-31H,9-14,17,19H2,1-2H3,(H,36,37)/t29-,30+,31-/m1/s1. The van der Waals surface area contributed by atoms with E-state index in [-0.39, 0.29) is 35.4 Å². The minimum absolute atomic E-state index is 0.0880. The van der Waals surface area contributed by atoms with Gasteiger partial charge in [-0.05, 0) is 121 Å². The zero-order valence-corrected chi connectivity index (χ0v) is 24.7. The molecule has 1 saturated carbocycles. The molecule has 3 aliphatic rings. The molecule has 6 rings (SSSR count). The summed E-state index contributed by atoms with van der Waals surface area (Å²) in [6, 6.07) is 18.1. The largest absolute Gasteiger partial charge is 0.493 e. The van der Waals surface area contributed by atoms with E-state index in [1.54, 1.807) is 0 Å². The molecule has 2 fully saturated rings. The van der Waals surface area contributed by atoms with Gasteiger partial charge in [0.2, 0.25) is 0 Å². The van der Waals surface area contributed by atoms with E-state index in [2.05, 4.69) is 6.07 Å². The summed E-state index contributed by atoms with van der Waals surface area (Å²) < 4.78 is 36.1. The second-order valence-electron chi connectivity index (χ2n) is 12.0. The Morgan fingerprint density at radius 2 is 1.67 bits per heavy atom. The zero-order chi connectivity index (χ0) is 29.6. The summed E-state index contributed by atoms with van der Waals surface area (Å²) in [5.74, 6) is 1.29. The lowest BCUT2D eigenvalue weighted by molar-refractivity contribution is -0.138. The van der Waals surface area contributed by atoms with E-state index >= 15 is 0 Å². The first-order valence-electron chi connectivity index (χ1n) is 14.6. The lowest BCUT2D eigenvalue weighted by atomic mass is 9.87. The molecule has 0 unspecified atom stereocenters. The van der Waals surface area contributed by atoms with Gasteiger partial charge in [-0.2, -0.15) is 5.26 Å². The number of hydrogen-bond acceptors (Lipinski definition) is 6. The molecule has 218 valence electrons. The molecule has 1 saturated heterocycles. The van der Waals surface area contributed by atoms with Crippen LogP contribution >= 0.6 is 0 Å². The summed E-state index contributed by atoms with van der Waals surface area (Å²) in [5, 5.41) is 19.3. The topological polar surface area (TPSA) is 114 Å². The van der Waals surface area contributed by atoms with Crippen molar-refractivity contribution >= 4 is 15.8 Å². The molecule has 7 nitrogen and oxygen atoms in total. The number of fused-ring (bicyclic) bond motifs is 1. The number of ether oxygens (including phenoxy) is 2. The zero-order valence-electron chi connectivity index (χ0n) is 23.9. The summed E-state index contributed by atoms with van der Waals surface area (Å²) in [4.78, 5) is 11.2. The molecule has 3 atom stereocenters. The van der Waals surface area contributed by atoms with Crippen molar-refractivity contribution in [1.82, 2.24) is 0 Å². The number of aliphatic carboxylic acids is 1. The van der Waals surface area contributed by atoms with Crippen LogP contribution in [0.5, 0.6) is 11.5 Å². The van der Waals surface area contributed by atoms with Crippen LogP contribution in [0.3, 0.4) is 0 Å². The van der Waals surface area contributed by atoms with Crippen LogP contribution in [0.2, 0.25) is 0 Å². The summed E-state index contributed by atoms with van der Waals surface area (Å²) in [6.07, 6.45) is 3.44. The van der Waals surface area contributed by atoms with Crippen LogP contribution in [-0.2, 0) is 21.1 Å². The molecule has 1 aliphatic heterocycles. The molecule has 2 aliphatic carbocycles. The highest BCUT2D eigenvalue weighted by Crippen LogP contribution is 2.48. The Morgan fingerprint density at radius 1 is 0.976 bits per heavy atom. The van der Waals surface area contributed by atoms with Gasteiger partial charge in [0.15, 0.2) is 0 Å². The van der Waals surface area contributed by atoms with Crippen molar-refractivity contribution < 1.29 is 27.8 Å². The van der Waals surface area contributed by atoms with Gasteiger partial charge in [-0.1, -0.05) is 18.2 Å². The van der Waals surface area contributed by atoms with Crippen LogP contribution in [-0.4, -0.2) is 37.6 Å². The highest BCUT2D eigenvalue weighted by Gasteiger charge is 2.44. The second kappa shape index (κ2) is 11.1. The smallest absolute Gasteiger partial charge is 0.307 e. The van der Waals surface area contributed by atoms with Crippen molar-refractivity contribution in [3.05, 3.63) is 81.9 Å². The van der Waals surface area contributed by atoms with E-state index in [9.17, 15) is 23.6 Å². The molecule has 0 spiro atoms. The first-order valence-corrected chi connectivity index (χ1v) is 16.5. The van der Waals surface area contributed by atoms with Gasteiger partial charge in [-0.15, -0.1) is 0 Å². The van der Waals surface area contributed by atoms with Crippen LogP contribution in [0.1, 0.15) is 71.1 Å². The van der Waals surface area contributed by atoms with E-state index in [0.717, 1.165) is 63.3 Å². The molecule has 0 amide bonds. The molecule has 0 aromatic heterocycles. The number of nitrogens with zero attached hydrogens (tertiary/aromatic N) is 1. The van der Waals surface area contributed by atoms with E-state index < -0.39 is 15.8 Å². The lowest BCUT2D eigenvalue weighted by Crippen LogP contribution is -2.26. The first-order chi connectivity index (χ1) is 20.1. The van der Waals surface area contributed by atoms with Crippen molar-refractivity contribution in [2.45, 2.75) is 58.0 Å². The third kappa shape index (κ3) is 5.63. The van der Waals surface area contributed by atoms with Gasteiger partial charge in [0.1, 0.15) is 27.4 Å². The van der Waals surface area contributed by atoms with Crippen molar-refractivity contribution in [2.24, 2.45) is 11.8 Å². The number of carboxylic acids is 1. The van der Waals surface area contributed by atoms with Crippen molar-refractivity contribution in [1.29, 1.82) is 5.26 Å². The van der Waals surface area contributed by atoms with Crippen LogP contribution < -0.4 is 9.47 Å². The third-order valence-electron chi connectivity index (χ3n) is 9.08. The van der Waals surface area contributed by atoms with Gasteiger partial charge >= 0.3 is 5.97 Å². The van der Waals surface area contributed by atoms with Crippen LogP contribution in [0, 0.1) is 37.0 Å². The average Bonchev–Trinajstić information content (AvgIpc) is 3.67. The molecule has 8 heteroatoms. The van der Waals surface area contributed by atoms with Gasteiger partial charge < -0.3 is 14.6 Å². The molecule has 3 aromatic rings. The Bertz CT molecular complexity index is 1650. The van der Waals surface area contributed by atoms with Crippen molar-refractivity contribution in [2.75, 3.05) is 18.1 Å². The molecule has 0 bridgehead atoms. The maximum Gasteiger partial charge on any atom is 0.307 e. The molecule has 3 aromatic carbocycles. The summed E-state index contributed by atoms with van der Waals surface area (Å²) in [6.45, 7) is 4.59. The van der Waals surface area contributed by atoms with Gasteiger partial charge in [-0.3, -0.25) is 4.79 Å². The van der Waals surface area contributed by atoms with Crippen molar-refractivity contribution in [3.8, 4) is 28.7 Å². The molecule has 1 heterocycles. The van der Waals surface area contributed by atoms with E-state index in [4.69, 9.17) is 9.47 Å². The number of carbonyl (C=O) groups is 1. The third-order valence-corrected chi connectivity index (χ3v) is 10.8. The Morgan fingerprint density at radius 3 is 2.29 bits per heavy atom. The highest BCUT2D eigenvalue weighted by molar-refractivity contribution is 7.91. The fourth-order valence-corrected chi connectivity index (χ4v) is 8.27. The molecular formula is C34H35NO6S. The quantitative estimate of drug-likeness (QED) is 0.330. The number of carboxylic acid groups (broad SMARTS) is 1. The molecular weight excluding hydrogens is 550 g/mol. The molecule has 0 radical (unpaired) electrons. The van der Waals surface area contributed by atoms with Crippen LogP contribution in [0.25, 0.3) is 11.1 Å². The summed E-state index contributed by atoms with van der Waals surface area (Å²) >= 11 is 0. The Balaban J connectivity index is 1.21. The van der Waals surface area contributed by atoms with E-state index in [0.29, 0.717) is 31.4 Å². The van der Waals surface area contributed by atoms with Gasteiger partial charge in [0.05, 0.1) is 35.7 Å². The highest BCUT2D eigenvalue weighted by atomic mass is 32.2. The van der Waals surface area contributed by atoms with Crippen LogP contribution in [0.4, 0.5) is 0 Å². The fraction of sp³-hybridized carbons (Fsp3) is 0.412. The van der Waals surface area contributed by atoms with Gasteiger partial charge in [0.25, 0.3) is 0 Å². The number of nitriles is 1. The van der Waals surface area contributed by atoms with Crippen molar-refractivity contribution in [3.63, 3.8) is 0 Å². The minimum Gasteiger partial charge on any atom is -0.493 e. The molecule has 42 heavy (non-hydrogen) atoms. The minimum atomic E-state index is -2.90. The average molecular weight is 586 g/mol. The maximum atomic E-state index is 11.8.